The first-order valence-corrected chi connectivity index (χ1v) is 7.79. The number of hydrogen-bond acceptors (Lipinski definition) is 3. The summed E-state index contributed by atoms with van der Waals surface area (Å²) in [7, 11) is 0. The van der Waals surface area contributed by atoms with Gasteiger partial charge in [0.2, 0.25) is 0 Å². The van der Waals surface area contributed by atoms with Gasteiger partial charge in [-0.05, 0) is 29.7 Å². The van der Waals surface area contributed by atoms with E-state index in [1.54, 1.807) is 36.0 Å². The molecule has 3 rings (SSSR count). The first kappa shape index (κ1) is 13.9. The second kappa shape index (κ2) is 5.38. The number of thioether (sulfide) groups is 1. The number of halogens is 1. The van der Waals surface area contributed by atoms with Crippen molar-refractivity contribution in [2.45, 2.75) is 12.0 Å². The van der Waals surface area contributed by atoms with Gasteiger partial charge < -0.3 is 5.32 Å². The maximum Gasteiger partial charge on any atom is 0.253 e. The van der Waals surface area contributed by atoms with Crippen LogP contribution >= 0.6 is 11.8 Å². The van der Waals surface area contributed by atoms with Gasteiger partial charge in [-0.25, -0.2) is 4.39 Å². The van der Waals surface area contributed by atoms with Crippen LogP contribution in [0, 0.1) is 17.1 Å². The van der Waals surface area contributed by atoms with Gasteiger partial charge in [0.05, 0.1) is 6.07 Å². The van der Waals surface area contributed by atoms with E-state index in [-0.39, 0.29) is 11.7 Å². The average molecular weight is 300 g/mol. The van der Waals surface area contributed by atoms with Gasteiger partial charge in [-0.15, -0.1) is 0 Å². The SMILES string of the molecule is N#CC1(NC(=O)c2ccc(F)c3ccccc23)CCSC1. The standard InChI is InChI=1S/C16H13FN2OS/c17-14-6-5-13(11-3-1-2-4-12(11)14)15(20)19-16(9-18)7-8-21-10-16/h1-6H,7-8,10H2,(H,19,20). The van der Waals surface area contributed by atoms with Gasteiger partial charge in [-0.3, -0.25) is 4.79 Å². The van der Waals surface area contributed by atoms with Crippen molar-refractivity contribution in [3.05, 3.63) is 47.8 Å². The van der Waals surface area contributed by atoms with Crippen molar-refractivity contribution in [1.29, 1.82) is 5.26 Å². The first-order chi connectivity index (χ1) is 10.2. The zero-order valence-electron chi connectivity index (χ0n) is 11.2. The fourth-order valence-electron chi connectivity index (χ4n) is 2.52. The molecule has 1 aliphatic heterocycles. The quantitative estimate of drug-likeness (QED) is 0.927. The summed E-state index contributed by atoms with van der Waals surface area (Å²) in [5.41, 5.74) is -0.407. The van der Waals surface area contributed by atoms with Gasteiger partial charge in [0, 0.05) is 16.7 Å². The first-order valence-electron chi connectivity index (χ1n) is 6.64. The molecule has 2 aromatic carbocycles. The number of hydrogen-bond donors (Lipinski definition) is 1. The fraction of sp³-hybridized carbons (Fsp3) is 0.250. The van der Waals surface area contributed by atoms with E-state index >= 15 is 0 Å². The summed E-state index contributed by atoms with van der Waals surface area (Å²) in [6, 6.07) is 11.8. The van der Waals surface area contributed by atoms with Crippen LogP contribution in [-0.4, -0.2) is 23.0 Å². The minimum absolute atomic E-state index is 0.324. The summed E-state index contributed by atoms with van der Waals surface area (Å²) in [6.07, 6.45) is 0.638. The number of amides is 1. The Balaban J connectivity index is 1.99. The van der Waals surface area contributed by atoms with Crippen LogP contribution in [0.25, 0.3) is 10.8 Å². The lowest BCUT2D eigenvalue weighted by Gasteiger charge is -2.21. The molecule has 1 amide bonds. The summed E-state index contributed by atoms with van der Waals surface area (Å²) >= 11 is 1.65. The van der Waals surface area contributed by atoms with E-state index in [0.717, 1.165) is 5.75 Å². The molecule has 0 radical (unpaired) electrons. The van der Waals surface area contributed by atoms with E-state index in [9.17, 15) is 14.4 Å². The second-order valence-corrected chi connectivity index (χ2v) is 6.20. The van der Waals surface area contributed by atoms with Crippen molar-refractivity contribution in [3.63, 3.8) is 0 Å². The van der Waals surface area contributed by atoms with E-state index in [0.29, 0.717) is 28.5 Å². The number of nitrogens with one attached hydrogen (secondary N) is 1. The molecule has 0 aromatic heterocycles. The highest BCUT2D eigenvalue weighted by atomic mass is 32.2. The highest BCUT2D eigenvalue weighted by Gasteiger charge is 2.36. The highest BCUT2D eigenvalue weighted by Crippen LogP contribution is 2.28. The number of carbonyl (C=O) groups excluding carboxylic acids is 1. The minimum atomic E-state index is -0.808. The van der Waals surface area contributed by atoms with Crippen LogP contribution in [0.5, 0.6) is 0 Å². The monoisotopic (exact) mass is 300 g/mol. The number of nitriles is 1. The van der Waals surface area contributed by atoms with Gasteiger partial charge in [0.25, 0.3) is 5.91 Å². The molecule has 0 aliphatic carbocycles. The molecule has 1 N–H and O–H groups in total. The predicted octanol–water partition coefficient (Wildman–Crippen LogP) is 3.11. The normalized spacial score (nSPS) is 21.1. The number of rotatable bonds is 2. The predicted molar refractivity (Wildman–Crippen MR) is 81.7 cm³/mol. The van der Waals surface area contributed by atoms with E-state index in [1.807, 2.05) is 0 Å². The molecule has 2 aromatic rings. The topological polar surface area (TPSA) is 52.9 Å². The summed E-state index contributed by atoms with van der Waals surface area (Å²) in [4.78, 5) is 12.5. The van der Waals surface area contributed by atoms with Gasteiger partial charge >= 0.3 is 0 Å². The van der Waals surface area contributed by atoms with Crippen molar-refractivity contribution in [1.82, 2.24) is 5.32 Å². The average Bonchev–Trinajstić information content (AvgIpc) is 2.97. The molecule has 1 heterocycles. The Kier molecular flexibility index (Phi) is 3.56. The zero-order valence-corrected chi connectivity index (χ0v) is 12.0. The molecule has 0 bridgehead atoms. The van der Waals surface area contributed by atoms with Crippen LogP contribution in [0.4, 0.5) is 4.39 Å². The fourth-order valence-corrected chi connectivity index (χ4v) is 3.79. The van der Waals surface area contributed by atoms with Gasteiger partial charge in [0.1, 0.15) is 11.4 Å². The van der Waals surface area contributed by atoms with Gasteiger partial charge in [-0.1, -0.05) is 24.3 Å². The third-order valence-corrected chi connectivity index (χ3v) is 4.89. The third-order valence-electron chi connectivity index (χ3n) is 3.70. The second-order valence-electron chi connectivity index (χ2n) is 5.09. The Morgan fingerprint density at radius 3 is 2.71 bits per heavy atom. The maximum absolute atomic E-state index is 13.8. The summed E-state index contributed by atoms with van der Waals surface area (Å²) in [5.74, 6) is 0.774. The molecule has 1 saturated heterocycles. The van der Waals surface area contributed by atoms with E-state index in [4.69, 9.17) is 0 Å². The number of nitrogens with zero attached hydrogens (tertiary/aromatic N) is 1. The van der Waals surface area contributed by atoms with Crippen molar-refractivity contribution in [3.8, 4) is 6.07 Å². The van der Waals surface area contributed by atoms with E-state index in [2.05, 4.69) is 11.4 Å². The third kappa shape index (κ3) is 2.47. The molecular formula is C16H13FN2OS. The number of fused-ring (bicyclic) bond motifs is 1. The molecule has 1 fully saturated rings. The number of carbonyl (C=O) groups is 1. The zero-order chi connectivity index (χ0) is 14.9. The highest BCUT2D eigenvalue weighted by molar-refractivity contribution is 7.99. The lowest BCUT2D eigenvalue weighted by atomic mass is 9.98. The smallest absolute Gasteiger partial charge is 0.253 e. The van der Waals surface area contributed by atoms with Gasteiger partial charge in [0.15, 0.2) is 0 Å². The Morgan fingerprint density at radius 2 is 2.05 bits per heavy atom. The molecule has 0 saturated carbocycles. The van der Waals surface area contributed by atoms with Crippen molar-refractivity contribution in [2.24, 2.45) is 0 Å². The summed E-state index contributed by atoms with van der Waals surface area (Å²) < 4.78 is 13.8. The van der Waals surface area contributed by atoms with Crippen molar-refractivity contribution < 1.29 is 9.18 Å². The Bertz CT molecular complexity index is 748. The number of benzene rings is 2. The maximum atomic E-state index is 13.8. The van der Waals surface area contributed by atoms with Crippen LogP contribution in [0.15, 0.2) is 36.4 Å². The van der Waals surface area contributed by atoms with E-state index < -0.39 is 5.54 Å². The van der Waals surface area contributed by atoms with Crippen LogP contribution in [-0.2, 0) is 0 Å². The molecule has 5 heteroatoms. The van der Waals surface area contributed by atoms with Crippen molar-refractivity contribution in [2.75, 3.05) is 11.5 Å². The van der Waals surface area contributed by atoms with Gasteiger partial charge in [-0.2, -0.15) is 17.0 Å². The van der Waals surface area contributed by atoms with E-state index in [1.165, 1.54) is 12.1 Å². The molecule has 21 heavy (non-hydrogen) atoms. The van der Waals surface area contributed by atoms with Crippen LogP contribution in [0.2, 0.25) is 0 Å². The Morgan fingerprint density at radius 1 is 1.29 bits per heavy atom. The summed E-state index contributed by atoms with van der Waals surface area (Å²) in [5, 5.41) is 13.1. The largest absolute Gasteiger partial charge is 0.333 e. The Labute approximate surface area is 126 Å². The minimum Gasteiger partial charge on any atom is -0.333 e. The van der Waals surface area contributed by atoms with Crippen molar-refractivity contribution >= 4 is 28.4 Å². The lowest BCUT2D eigenvalue weighted by molar-refractivity contribution is 0.0928. The lowest BCUT2D eigenvalue weighted by Crippen LogP contribution is -2.47. The van der Waals surface area contributed by atoms with Crippen LogP contribution in [0.3, 0.4) is 0 Å². The molecule has 1 aliphatic rings. The van der Waals surface area contributed by atoms with Crippen LogP contribution in [0.1, 0.15) is 16.8 Å². The molecule has 3 nitrogen and oxygen atoms in total. The molecule has 0 spiro atoms. The Hall–Kier alpha value is -2.06. The molecular weight excluding hydrogens is 287 g/mol. The molecule has 106 valence electrons. The molecule has 1 unspecified atom stereocenters. The summed E-state index contributed by atoms with van der Waals surface area (Å²) in [6.45, 7) is 0. The molecule has 1 atom stereocenters. The van der Waals surface area contributed by atoms with Crippen LogP contribution < -0.4 is 5.32 Å².